The first-order valence-corrected chi connectivity index (χ1v) is 8.34. The van der Waals surface area contributed by atoms with Gasteiger partial charge in [-0.3, -0.25) is 0 Å². The Bertz CT molecular complexity index is 470. The van der Waals surface area contributed by atoms with E-state index in [-0.39, 0.29) is 6.10 Å². The van der Waals surface area contributed by atoms with Crippen LogP contribution in [0.2, 0.25) is 0 Å². The van der Waals surface area contributed by atoms with Crippen molar-refractivity contribution in [3.63, 3.8) is 0 Å². The number of benzene rings is 2. The minimum Gasteiger partial charge on any atom is -0.376 e. The Hall–Kier alpha value is -1.21. The first-order valence-electron chi connectivity index (χ1n) is 7.08. The highest BCUT2D eigenvalue weighted by molar-refractivity contribution is 7.68. The number of hydrogen-bond donors (Lipinski definition) is 0. The summed E-state index contributed by atoms with van der Waals surface area (Å²) in [7, 11) is -0.747. The minimum absolute atomic E-state index is 0.271. The van der Waals surface area contributed by atoms with Crippen molar-refractivity contribution in [1.29, 1.82) is 0 Å². The van der Waals surface area contributed by atoms with Crippen LogP contribution in [0.3, 0.4) is 0 Å². The molecule has 0 N–H and O–H groups in total. The standard InChI is InChI=1S/C17H19O2P/c1-3-9-16(10-4-1)20(17-11-5-2-6-12-17)19-14-15-8-7-13-18-15/h1-6,9-12,15H,7-8,13-14H2. The average Bonchev–Trinajstić information content (AvgIpc) is 3.03. The molecule has 1 aliphatic rings. The third kappa shape index (κ3) is 3.46. The van der Waals surface area contributed by atoms with Crippen molar-refractivity contribution >= 4 is 18.8 Å². The monoisotopic (exact) mass is 286 g/mol. The fourth-order valence-electron chi connectivity index (χ4n) is 2.36. The smallest absolute Gasteiger partial charge is 0.0918 e. The summed E-state index contributed by atoms with van der Waals surface area (Å²) >= 11 is 0. The Labute approximate surface area is 121 Å². The van der Waals surface area contributed by atoms with Gasteiger partial charge in [0, 0.05) is 17.2 Å². The molecule has 2 aromatic carbocycles. The van der Waals surface area contributed by atoms with Crippen LogP contribution in [0.25, 0.3) is 0 Å². The second-order valence-corrected chi connectivity index (χ2v) is 6.78. The number of rotatable bonds is 5. The number of hydrogen-bond acceptors (Lipinski definition) is 2. The molecular weight excluding hydrogens is 267 g/mol. The van der Waals surface area contributed by atoms with E-state index >= 15 is 0 Å². The molecule has 0 radical (unpaired) electrons. The summed E-state index contributed by atoms with van der Waals surface area (Å²) in [6.07, 6.45) is 2.54. The number of ether oxygens (including phenoxy) is 1. The van der Waals surface area contributed by atoms with E-state index in [1.165, 1.54) is 10.6 Å². The first-order chi connectivity index (χ1) is 9.93. The molecule has 0 aromatic heterocycles. The van der Waals surface area contributed by atoms with Gasteiger partial charge in [-0.05, 0) is 12.8 Å². The summed E-state index contributed by atoms with van der Waals surface area (Å²) in [5.74, 6) is 0. The summed E-state index contributed by atoms with van der Waals surface area (Å²) in [5, 5.41) is 2.51. The molecule has 0 bridgehead atoms. The van der Waals surface area contributed by atoms with Gasteiger partial charge in [0.2, 0.25) is 0 Å². The fourth-order valence-corrected chi connectivity index (χ4v) is 4.16. The van der Waals surface area contributed by atoms with E-state index in [4.69, 9.17) is 9.26 Å². The van der Waals surface area contributed by atoms with Crippen LogP contribution in [0.4, 0.5) is 0 Å². The normalized spacial score (nSPS) is 18.6. The van der Waals surface area contributed by atoms with Crippen molar-refractivity contribution in [2.45, 2.75) is 18.9 Å². The Morgan fingerprint density at radius 2 is 1.55 bits per heavy atom. The van der Waals surface area contributed by atoms with Crippen molar-refractivity contribution in [2.24, 2.45) is 0 Å². The lowest BCUT2D eigenvalue weighted by atomic mass is 10.2. The summed E-state index contributed by atoms with van der Waals surface area (Å²) in [6, 6.07) is 21.0. The van der Waals surface area contributed by atoms with Gasteiger partial charge in [-0.25, -0.2) is 0 Å². The summed E-state index contributed by atoms with van der Waals surface area (Å²) < 4.78 is 11.9. The van der Waals surface area contributed by atoms with Crippen LogP contribution >= 0.6 is 8.15 Å². The molecular formula is C17H19O2P. The molecule has 3 heteroatoms. The second kappa shape index (κ2) is 6.99. The fraction of sp³-hybridized carbons (Fsp3) is 0.294. The van der Waals surface area contributed by atoms with E-state index in [9.17, 15) is 0 Å². The Balaban J connectivity index is 1.76. The van der Waals surface area contributed by atoms with Crippen LogP contribution in [-0.4, -0.2) is 19.3 Å². The van der Waals surface area contributed by atoms with Crippen LogP contribution < -0.4 is 10.6 Å². The Morgan fingerprint density at radius 3 is 2.05 bits per heavy atom. The average molecular weight is 286 g/mol. The third-order valence-electron chi connectivity index (χ3n) is 3.39. The molecule has 0 spiro atoms. The van der Waals surface area contributed by atoms with Crippen LogP contribution in [0, 0.1) is 0 Å². The molecule has 20 heavy (non-hydrogen) atoms. The topological polar surface area (TPSA) is 18.5 Å². The minimum atomic E-state index is -0.747. The highest BCUT2D eigenvalue weighted by Gasteiger charge is 2.20. The van der Waals surface area contributed by atoms with E-state index in [2.05, 4.69) is 48.5 Å². The van der Waals surface area contributed by atoms with E-state index in [1.54, 1.807) is 0 Å². The molecule has 2 nitrogen and oxygen atoms in total. The lowest BCUT2D eigenvalue weighted by Gasteiger charge is -2.20. The lowest BCUT2D eigenvalue weighted by molar-refractivity contribution is 0.0731. The molecule has 1 heterocycles. The SMILES string of the molecule is c1ccc(P(OCC2CCCO2)c2ccccc2)cc1. The van der Waals surface area contributed by atoms with Gasteiger partial charge in [0.1, 0.15) is 0 Å². The van der Waals surface area contributed by atoms with E-state index in [0.717, 1.165) is 19.4 Å². The van der Waals surface area contributed by atoms with Crippen LogP contribution in [0.15, 0.2) is 60.7 Å². The van der Waals surface area contributed by atoms with Crippen molar-refractivity contribution < 1.29 is 9.26 Å². The van der Waals surface area contributed by atoms with Crippen molar-refractivity contribution in [2.75, 3.05) is 13.2 Å². The molecule has 1 fully saturated rings. The van der Waals surface area contributed by atoms with Crippen LogP contribution in [-0.2, 0) is 9.26 Å². The molecule has 1 unspecified atom stereocenters. The summed E-state index contributed by atoms with van der Waals surface area (Å²) in [5.41, 5.74) is 0. The first kappa shape index (κ1) is 13.8. The van der Waals surface area contributed by atoms with Gasteiger partial charge in [0.05, 0.1) is 20.9 Å². The second-order valence-electron chi connectivity index (χ2n) is 4.90. The van der Waals surface area contributed by atoms with E-state index in [0.29, 0.717) is 6.61 Å². The Morgan fingerprint density at radius 1 is 0.950 bits per heavy atom. The van der Waals surface area contributed by atoms with Gasteiger partial charge < -0.3 is 9.26 Å². The largest absolute Gasteiger partial charge is 0.376 e. The molecule has 1 saturated heterocycles. The van der Waals surface area contributed by atoms with Crippen LogP contribution in [0.1, 0.15) is 12.8 Å². The lowest BCUT2D eigenvalue weighted by Crippen LogP contribution is -2.19. The zero-order valence-electron chi connectivity index (χ0n) is 11.4. The van der Waals surface area contributed by atoms with Gasteiger partial charge in [-0.1, -0.05) is 60.7 Å². The zero-order chi connectivity index (χ0) is 13.6. The zero-order valence-corrected chi connectivity index (χ0v) is 12.3. The molecule has 0 amide bonds. The molecule has 0 saturated carbocycles. The molecule has 104 valence electrons. The maximum Gasteiger partial charge on any atom is 0.0918 e. The molecule has 3 rings (SSSR count). The highest BCUT2D eigenvalue weighted by Crippen LogP contribution is 2.35. The quantitative estimate of drug-likeness (QED) is 0.786. The predicted octanol–water partition coefficient (Wildman–Crippen LogP) is 3.23. The molecule has 1 atom stereocenters. The van der Waals surface area contributed by atoms with Gasteiger partial charge in [0.25, 0.3) is 0 Å². The third-order valence-corrected chi connectivity index (χ3v) is 5.34. The Kier molecular flexibility index (Phi) is 4.81. The van der Waals surface area contributed by atoms with E-state index < -0.39 is 8.15 Å². The maximum absolute atomic E-state index is 6.24. The summed E-state index contributed by atoms with van der Waals surface area (Å²) in [4.78, 5) is 0. The van der Waals surface area contributed by atoms with Gasteiger partial charge >= 0.3 is 0 Å². The van der Waals surface area contributed by atoms with Crippen molar-refractivity contribution in [1.82, 2.24) is 0 Å². The molecule has 0 aliphatic carbocycles. The van der Waals surface area contributed by atoms with Crippen LogP contribution in [0.5, 0.6) is 0 Å². The predicted molar refractivity (Wildman–Crippen MR) is 84.0 cm³/mol. The molecule has 1 aliphatic heterocycles. The highest BCUT2D eigenvalue weighted by atomic mass is 31.1. The van der Waals surface area contributed by atoms with Crippen molar-refractivity contribution in [3.05, 3.63) is 60.7 Å². The van der Waals surface area contributed by atoms with Gasteiger partial charge in [-0.15, -0.1) is 0 Å². The molecule has 2 aromatic rings. The van der Waals surface area contributed by atoms with Gasteiger partial charge in [-0.2, -0.15) is 0 Å². The van der Waals surface area contributed by atoms with E-state index in [1.807, 2.05) is 12.1 Å². The van der Waals surface area contributed by atoms with Gasteiger partial charge in [0.15, 0.2) is 0 Å². The maximum atomic E-state index is 6.24. The van der Waals surface area contributed by atoms with Crippen molar-refractivity contribution in [3.8, 4) is 0 Å². The summed E-state index contributed by atoms with van der Waals surface area (Å²) in [6.45, 7) is 1.57.